The van der Waals surface area contributed by atoms with Gasteiger partial charge in [-0.05, 0) is 63.4 Å². The molecule has 2 aromatic carbocycles. The summed E-state index contributed by atoms with van der Waals surface area (Å²) >= 11 is 0. The lowest BCUT2D eigenvalue weighted by Gasteiger charge is -2.30. The van der Waals surface area contributed by atoms with E-state index < -0.39 is 46.0 Å². The Morgan fingerprint density at radius 2 is 1.55 bits per heavy atom. The number of carbonyl (C=O) groups excluding carboxylic acids is 2. The van der Waals surface area contributed by atoms with Crippen LogP contribution in [0.5, 0.6) is 0 Å². The summed E-state index contributed by atoms with van der Waals surface area (Å²) in [6, 6.07) is 12.7. The molecule has 4 N–H and O–H groups in total. The molecule has 38 heavy (non-hydrogen) atoms. The Kier molecular flexibility index (Phi) is 10.00. The van der Waals surface area contributed by atoms with Gasteiger partial charge < -0.3 is 16.4 Å². The van der Waals surface area contributed by atoms with E-state index in [4.69, 9.17) is 5.73 Å². The molecule has 1 aliphatic heterocycles. The molecule has 1 aliphatic rings. The number of hydrogen-bond acceptors (Lipinski definition) is 5. The van der Waals surface area contributed by atoms with Crippen molar-refractivity contribution in [2.45, 2.75) is 64.7 Å². The normalized spacial score (nSPS) is 19.0. The van der Waals surface area contributed by atoms with Gasteiger partial charge in [-0.3, -0.25) is 9.59 Å². The number of benzene rings is 2. The first kappa shape index (κ1) is 29.7. The highest BCUT2D eigenvalue weighted by atomic mass is 32.2. The first-order valence-electron chi connectivity index (χ1n) is 12.8. The fourth-order valence-electron chi connectivity index (χ4n) is 4.57. The van der Waals surface area contributed by atoms with Crippen molar-refractivity contribution in [1.82, 2.24) is 13.9 Å². The van der Waals surface area contributed by atoms with Crippen LogP contribution in [0.25, 0.3) is 0 Å². The maximum atomic E-state index is 13.3. The smallest absolute Gasteiger partial charge is 0.283 e. The summed E-state index contributed by atoms with van der Waals surface area (Å²) in [7, 11) is -3.75. The molecule has 3 rings (SSSR count). The van der Waals surface area contributed by atoms with Crippen LogP contribution in [0.3, 0.4) is 0 Å². The van der Waals surface area contributed by atoms with E-state index in [0.29, 0.717) is 18.7 Å². The number of anilines is 1. The van der Waals surface area contributed by atoms with E-state index in [2.05, 4.69) is 10.6 Å². The lowest BCUT2D eigenvalue weighted by atomic mass is 9.92. The van der Waals surface area contributed by atoms with Crippen LogP contribution in [0, 0.1) is 11.7 Å². The lowest BCUT2D eigenvalue weighted by molar-refractivity contribution is -0.125. The number of nitrogens with zero attached hydrogens (tertiary/aromatic N) is 2. The van der Waals surface area contributed by atoms with Crippen LogP contribution < -0.4 is 16.4 Å². The van der Waals surface area contributed by atoms with Crippen molar-refractivity contribution in [1.29, 1.82) is 0 Å². The first-order valence-corrected chi connectivity index (χ1v) is 14.2. The number of halogens is 1. The highest BCUT2D eigenvalue weighted by Gasteiger charge is 2.43. The third kappa shape index (κ3) is 7.37. The van der Waals surface area contributed by atoms with Gasteiger partial charge in [0.25, 0.3) is 10.2 Å². The first-order chi connectivity index (χ1) is 17.9. The van der Waals surface area contributed by atoms with Gasteiger partial charge in [-0.1, -0.05) is 37.3 Å². The maximum absolute atomic E-state index is 13.3. The van der Waals surface area contributed by atoms with Crippen LogP contribution >= 0.6 is 0 Å². The predicted molar refractivity (Wildman–Crippen MR) is 146 cm³/mol. The van der Waals surface area contributed by atoms with Crippen LogP contribution in [0.2, 0.25) is 0 Å². The van der Waals surface area contributed by atoms with E-state index in [0.717, 1.165) is 5.56 Å². The Balaban J connectivity index is 1.70. The molecule has 0 aliphatic carbocycles. The maximum Gasteiger partial charge on any atom is 0.283 e. The molecule has 1 heterocycles. The van der Waals surface area contributed by atoms with Crippen LogP contribution in [-0.4, -0.2) is 66.1 Å². The molecule has 2 aromatic rings. The average Bonchev–Trinajstić information content (AvgIpc) is 3.19. The Morgan fingerprint density at radius 3 is 2.13 bits per heavy atom. The fraction of sp³-hybridized carbons (Fsp3) is 0.481. The topological polar surface area (TPSA) is 125 Å². The van der Waals surface area contributed by atoms with Crippen molar-refractivity contribution in [3.05, 3.63) is 66.0 Å². The van der Waals surface area contributed by atoms with Gasteiger partial charge in [-0.25, -0.2) is 4.39 Å². The van der Waals surface area contributed by atoms with Gasteiger partial charge in [0.2, 0.25) is 11.8 Å². The number of rotatable bonds is 11. The molecule has 0 spiro atoms. The minimum atomic E-state index is -3.75. The van der Waals surface area contributed by atoms with Crippen molar-refractivity contribution in [3.63, 3.8) is 0 Å². The molecule has 0 saturated carbocycles. The quantitative estimate of drug-likeness (QED) is 0.399. The molecule has 4 atom stereocenters. The van der Waals surface area contributed by atoms with E-state index >= 15 is 0 Å². The minimum Gasteiger partial charge on any atom is -0.350 e. The molecule has 1 fully saturated rings. The summed E-state index contributed by atoms with van der Waals surface area (Å²) in [5.41, 5.74) is 7.97. The van der Waals surface area contributed by atoms with E-state index in [1.165, 1.54) is 32.9 Å². The second-order valence-electron chi connectivity index (χ2n) is 10.1. The summed E-state index contributed by atoms with van der Waals surface area (Å²) < 4.78 is 41.7. The third-order valence-corrected chi connectivity index (χ3v) is 9.14. The van der Waals surface area contributed by atoms with E-state index in [1.54, 1.807) is 27.7 Å². The molecule has 9 nitrogen and oxygen atoms in total. The monoisotopic (exact) mass is 547 g/mol. The van der Waals surface area contributed by atoms with Crippen molar-refractivity contribution in [2.24, 2.45) is 11.7 Å². The number of hydrogen-bond donors (Lipinski definition) is 3. The molecular formula is C27H38FN5O4S. The highest BCUT2D eigenvalue weighted by molar-refractivity contribution is 7.87. The summed E-state index contributed by atoms with van der Waals surface area (Å²) in [5, 5.41) is 5.72. The van der Waals surface area contributed by atoms with Crippen LogP contribution in [0.15, 0.2) is 54.6 Å². The largest absolute Gasteiger partial charge is 0.350 e. The van der Waals surface area contributed by atoms with Gasteiger partial charge in [-0.15, -0.1) is 0 Å². The van der Waals surface area contributed by atoms with E-state index in [-0.39, 0.29) is 24.9 Å². The van der Waals surface area contributed by atoms with Crippen LogP contribution in [0.1, 0.15) is 39.7 Å². The molecule has 0 aromatic heterocycles. The Labute approximate surface area is 224 Å². The van der Waals surface area contributed by atoms with Gasteiger partial charge in [-0.2, -0.15) is 17.0 Å². The predicted octanol–water partition coefficient (Wildman–Crippen LogP) is 2.50. The number of carbonyl (C=O) groups is 2. The molecular weight excluding hydrogens is 509 g/mol. The summed E-state index contributed by atoms with van der Waals surface area (Å²) in [6.45, 7) is 7.46. The summed E-state index contributed by atoms with van der Waals surface area (Å²) in [4.78, 5) is 26.0. The molecule has 0 unspecified atom stereocenters. The van der Waals surface area contributed by atoms with E-state index in [1.807, 2.05) is 30.3 Å². The molecule has 0 bridgehead atoms. The standard InChI is InChI=1S/C27H38FN5O4S/c1-18(2)32-14-15-33(38(32,36)37)20(4)27(35)31-25(17-21-8-6-5-7-9-21)24(29)16-19(3)26(34)30-23-12-10-22(28)11-13-23/h5-13,18-20,24-25H,14-17,29H2,1-4H3,(H,30,34)(H,31,35)/t19-,20+,24+,25+/m1/s1. The lowest BCUT2D eigenvalue weighted by Crippen LogP contribution is -2.55. The average molecular weight is 548 g/mol. The summed E-state index contributed by atoms with van der Waals surface area (Å²) in [5.74, 6) is -1.62. The van der Waals surface area contributed by atoms with E-state index in [9.17, 15) is 22.4 Å². The number of nitrogens with one attached hydrogen (secondary N) is 2. The number of nitrogens with two attached hydrogens (primary N) is 1. The van der Waals surface area contributed by atoms with Crippen molar-refractivity contribution in [2.75, 3.05) is 18.4 Å². The van der Waals surface area contributed by atoms with Crippen LogP contribution in [-0.2, 0) is 26.2 Å². The Hall–Kier alpha value is -2.86. The molecule has 11 heteroatoms. The van der Waals surface area contributed by atoms with Crippen LogP contribution in [0.4, 0.5) is 10.1 Å². The highest BCUT2D eigenvalue weighted by Crippen LogP contribution is 2.22. The van der Waals surface area contributed by atoms with Crippen molar-refractivity contribution >= 4 is 27.7 Å². The zero-order valence-electron chi connectivity index (χ0n) is 22.3. The third-order valence-electron chi connectivity index (χ3n) is 6.85. The molecule has 0 radical (unpaired) electrons. The minimum absolute atomic E-state index is 0.206. The van der Waals surface area contributed by atoms with Gasteiger partial charge >= 0.3 is 0 Å². The zero-order valence-corrected chi connectivity index (χ0v) is 23.1. The Morgan fingerprint density at radius 1 is 0.947 bits per heavy atom. The zero-order chi connectivity index (χ0) is 28.0. The van der Waals surface area contributed by atoms with Gasteiger partial charge in [0.1, 0.15) is 11.9 Å². The molecule has 2 amide bonds. The van der Waals surface area contributed by atoms with Crippen molar-refractivity contribution < 1.29 is 22.4 Å². The fourth-order valence-corrected chi connectivity index (χ4v) is 6.49. The van der Waals surface area contributed by atoms with Crippen molar-refractivity contribution in [3.8, 4) is 0 Å². The van der Waals surface area contributed by atoms with Gasteiger partial charge in [0.05, 0.1) is 0 Å². The summed E-state index contributed by atoms with van der Waals surface area (Å²) in [6.07, 6.45) is 0.681. The van der Waals surface area contributed by atoms with Gasteiger partial charge in [0.15, 0.2) is 0 Å². The number of amides is 2. The second-order valence-corrected chi connectivity index (χ2v) is 11.9. The SMILES string of the molecule is CC(C)N1CCN([C@@H](C)C(=O)N[C@@H](Cc2ccccc2)[C@@H](N)C[C@@H](C)C(=O)Nc2ccc(F)cc2)S1(=O)=O. The molecule has 1 saturated heterocycles. The second kappa shape index (κ2) is 12.8. The molecule has 208 valence electrons. The van der Waals surface area contributed by atoms with Gasteiger partial charge in [0, 0.05) is 42.8 Å². The Bertz CT molecular complexity index is 1190.